The number of halogens is 2. The summed E-state index contributed by atoms with van der Waals surface area (Å²) < 4.78 is 0. The van der Waals surface area contributed by atoms with E-state index in [1.54, 1.807) is 24.1 Å². The van der Waals surface area contributed by atoms with Crippen LogP contribution in [0.3, 0.4) is 0 Å². The van der Waals surface area contributed by atoms with Crippen molar-refractivity contribution in [3.8, 4) is 0 Å². The van der Waals surface area contributed by atoms with E-state index in [1.807, 2.05) is 19.9 Å². The number of amides is 1. The van der Waals surface area contributed by atoms with E-state index in [9.17, 15) is 4.79 Å². The minimum Gasteiger partial charge on any atom is -0.339 e. The Morgan fingerprint density at radius 2 is 2.00 bits per heavy atom. The van der Waals surface area contributed by atoms with Gasteiger partial charge >= 0.3 is 0 Å². The largest absolute Gasteiger partial charge is 0.339 e. The molecular formula is C13H18Cl2N2O. The van der Waals surface area contributed by atoms with Crippen molar-refractivity contribution in [1.29, 1.82) is 0 Å². The number of carbonyl (C=O) groups excluding carboxylic acids is 1. The lowest BCUT2D eigenvalue weighted by Gasteiger charge is -2.28. The molecule has 2 unspecified atom stereocenters. The lowest BCUT2D eigenvalue weighted by molar-refractivity contribution is -0.135. The first kappa shape index (κ1) is 15.3. The molecule has 0 saturated heterocycles. The Morgan fingerprint density at radius 3 is 2.50 bits per heavy atom. The average Bonchev–Trinajstić information content (AvgIpc) is 2.35. The minimum absolute atomic E-state index is 0.0102. The van der Waals surface area contributed by atoms with Gasteiger partial charge in [-0.2, -0.15) is 0 Å². The topological polar surface area (TPSA) is 46.3 Å². The summed E-state index contributed by atoms with van der Waals surface area (Å²) >= 11 is 12.0. The van der Waals surface area contributed by atoms with E-state index in [0.29, 0.717) is 16.6 Å². The zero-order valence-corrected chi connectivity index (χ0v) is 12.3. The Bertz CT molecular complexity index is 437. The lowest BCUT2D eigenvalue weighted by atomic mass is 10.0. The fourth-order valence-electron chi connectivity index (χ4n) is 1.69. The molecule has 0 aliphatic heterocycles. The molecule has 0 fully saturated rings. The van der Waals surface area contributed by atoms with Crippen LogP contribution in [0.25, 0.3) is 0 Å². The van der Waals surface area contributed by atoms with Crippen molar-refractivity contribution in [2.24, 2.45) is 11.7 Å². The molecule has 2 N–H and O–H groups in total. The SMILES string of the molecule is CC(CN)C(=O)N(C)C(C)c1ccc(Cl)cc1Cl. The van der Waals surface area contributed by atoms with Crippen molar-refractivity contribution in [1.82, 2.24) is 4.90 Å². The molecule has 0 aliphatic rings. The molecular weight excluding hydrogens is 271 g/mol. The van der Waals surface area contributed by atoms with Crippen LogP contribution in [0, 0.1) is 5.92 Å². The minimum atomic E-state index is -0.191. The van der Waals surface area contributed by atoms with Crippen LogP contribution in [0.4, 0.5) is 0 Å². The van der Waals surface area contributed by atoms with Gasteiger partial charge in [0.1, 0.15) is 0 Å². The molecule has 0 aliphatic carbocycles. The molecule has 5 heteroatoms. The van der Waals surface area contributed by atoms with Crippen molar-refractivity contribution in [3.05, 3.63) is 33.8 Å². The van der Waals surface area contributed by atoms with Crippen LogP contribution in [0.15, 0.2) is 18.2 Å². The number of hydrogen-bond donors (Lipinski definition) is 1. The molecule has 0 saturated carbocycles. The fourth-order valence-corrected chi connectivity index (χ4v) is 2.25. The average molecular weight is 289 g/mol. The normalized spacial score (nSPS) is 14.1. The Morgan fingerprint density at radius 1 is 1.39 bits per heavy atom. The predicted octanol–water partition coefficient (Wildman–Crippen LogP) is 3.11. The first-order chi connectivity index (χ1) is 8.38. The summed E-state index contributed by atoms with van der Waals surface area (Å²) in [5.41, 5.74) is 6.38. The molecule has 0 aromatic heterocycles. The van der Waals surface area contributed by atoms with Crippen molar-refractivity contribution in [2.45, 2.75) is 19.9 Å². The summed E-state index contributed by atoms with van der Waals surface area (Å²) in [5, 5.41) is 1.15. The Hall–Kier alpha value is -0.770. The van der Waals surface area contributed by atoms with Gasteiger partial charge in [-0.3, -0.25) is 4.79 Å². The van der Waals surface area contributed by atoms with Crippen LogP contribution in [-0.2, 0) is 4.79 Å². The van der Waals surface area contributed by atoms with E-state index in [4.69, 9.17) is 28.9 Å². The number of carbonyl (C=O) groups is 1. The Balaban J connectivity index is 2.92. The highest BCUT2D eigenvalue weighted by Crippen LogP contribution is 2.29. The molecule has 0 radical (unpaired) electrons. The first-order valence-corrected chi connectivity index (χ1v) is 6.55. The summed E-state index contributed by atoms with van der Waals surface area (Å²) in [6.45, 7) is 4.08. The molecule has 3 nitrogen and oxygen atoms in total. The zero-order chi connectivity index (χ0) is 13.9. The summed E-state index contributed by atoms with van der Waals surface area (Å²) in [7, 11) is 1.75. The van der Waals surface area contributed by atoms with E-state index in [1.165, 1.54) is 0 Å². The van der Waals surface area contributed by atoms with Crippen molar-refractivity contribution in [2.75, 3.05) is 13.6 Å². The Labute approximate surface area is 118 Å². The van der Waals surface area contributed by atoms with Crippen LogP contribution in [-0.4, -0.2) is 24.4 Å². The number of benzene rings is 1. The molecule has 1 amide bonds. The van der Waals surface area contributed by atoms with Gasteiger partial charge in [-0.05, 0) is 24.6 Å². The highest BCUT2D eigenvalue weighted by Gasteiger charge is 2.22. The standard InChI is InChI=1S/C13H18Cl2N2O/c1-8(7-16)13(18)17(3)9(2)11-5-4-10(14)6-12(11)15/h4-6,8-9H,7,16H2,1-3H3. The van der Waals surface area contributed by atoms with Crippen LogP contribution in [0.1, 0.15) is 25.5 Å². The fraction of sp³-hybridized carbons (Fsp3) is 0.462. The van der Waals surface area contributed by atoms with E-state index in [0.717, 1.165) is 5.56 Å². The van der Waals surface area contributed by atoms with E-state index < -0.39 is 0 Å². The molecule has 2 atom stereocenters. The van der Waals surface area contributed by atoms with Gasteiger partial charge in [0.25, 0.3) is 0 Å². The van der Waals surface area contributed by atoms with Crippen LogP contribution >= 0.6 is 23.2 Å². The third kappa shape index (κ3) is 3.37. The van der Waals surface area contributed by atoms with Gasteiger partial charge in [0.2, 0.25) is 5.91 Å². The van der Waals surface area contributed by atoms with E-state index in [2.05, 4.69) is 0 Å². The maximum Gasteiger partial charge on any atom is 0.226 e. The summed E-state index contributed by atoms with van der Waals surface area (Å²) in [5.74, 6) is -0.181. The predicted molar refractivity (Wildman–Crippen MR) is 75.9 cm³/mol. The van der Waals surface area contributed by atoms with Crippen molar-refractivity contribution >= 4 is 29.1 Å². The van der Waals surface area contributed by atoms with Gasteiger partial charge in [0, 0.05) is 29.6 Å². The Kier molecular flexibility index (Phi) is 5.45. The summed E-state index contributed by atoms with van der Waals surface area (Å²) in [6, 6.07) is 5.17. The molecule has 1 aromatic carbocycles. The van der Waals surface area contributed by atoms with E-state index >= 15 is 0 Å². The summed E-state index contributed by atoms with van der Waals surface area (Å²) in [4.78, 5) is 13.7. The second kappa shape index (κ2) is 6.41. The van der Waals surface area contributed by atoms with Gasteiger partial charge in [-0.1, -0.05) is 36.2 Å². The maximum atomic E-state index is 12.0. The van der Waals surface area contributed by atoms with Gasteiger partial charge in [0.15, 0.2) is 0 Å². The van der Waals surface area contributed by atoms with Crippen LogP contribution in [0.5, 0.6) is 0 Å². The van der Waals surface area contributed by atoms with Gasteiger partial charge in [-0.15, -0.1) is 0 Å². The monoisotopic (exact) mass is 288 g/mol. The molecule has 18 heavy (non-hydrogen) atoms. The second-order valence-corrected chi connectivity index (χ2v) is 5.27. The zero-order valence-electron chi connectivity index (χ0n) is 10.8. The van der Waals surface area contributed by atoms with Crippen LogP contribution in [0.2, 0.25) is 10.0 Å². The lowest BCUT2D eigenvalue weighted by Crippen LogP contribution is -2.36. The van der Waals surface area contributed by atoms with Crippen LogP contribution < -0.4 is 5.73 Å². The quantitative estimate of drug-likeness (QED) is 0.925. The number of hydrogen-bond acceptors (Lipinski definition) is 2. The number of rotatable bonds is 4. The van der Waals surface area contributed by atoms with Gasteiger partial charge in [0.05, 0.1) is 6.04 Å². The highest BCUT2D eigenvalue weighted by atomic mass is 35.5. The molecule has 0 spiro atoms. The summed E-state index contributed by atoms with van der Waals surface area (Å²) in [6.07, 6.45) is 0. The van der Waals surface area contributed by atoms with Gasteiger partial charge in [-0.25, -0.2) is 0 Å². The van der Waals surface area contributed by atoms with Crippen molar-refractivity contribution < 1.29 is 4.79 Å². The molecule has 1 rings (SSSR count). The molecule has 100 valence electrons. The number of nitrogens with zero attached hydrogens (tertiary/aromatic N) is 1. The van der Waals surface area contributed by atoms with E-state index in [-0.39, 0.29) is 17.9 Å². The number of nitrogens with two attached hydrogens (primary N) is 1. The smallest absolute Gasteiger partial charge is 0.226 e. The third-order valence-electron chi connectivity index (χ3n) is 3.12. The molecule has 0 bridgehead atoms. The third-order valence-corrected chi connectivity index (χ3v) is 3.68. The highest BCUT2D eigenvalue weighted by molar-refractivity contribution is 6.35. The first-order valence-electron chi connectivity index (χ1n) is 5.80. The maximum absolute atomic E-state index is 12.0. The van der Waals surface area contributed by atoms with Gasteiger partial charge < -0.3 is 10.6 Å². The van der Waals surface area contributed by atoms with Crippen molar-refractivity contribution in [3.63, 3.8) is 0 Å². The second-order valence-electron chi connectivity index (χ2n) is 4.43. The molecule has 0 heterocycles. The molecule has 1 aromatic rings.